The van der Waals surface area contributed by atoms with Crippen molar-refractivity contribution >= 4 is 23.0 Å². The Labute approximate surface area is 177 Å². The SMILES string of the molecule is COc1ccc(CC[C@@]2(C)NC(=O)N(Cc3nc4ccccc4n3C(F)F)C2=O)cc1. The zero-order valence-corrected chi connectivity index (χ0v) is 17.1. The van der Waals surface area contributed by atoms with E-state index in [0.29, 0.717) is 18.4 Å². The summed E-state index contributed by atoms with van der Waals surface area (Å²) in [5.41, 5.74) is 0.495. The molecule has 0 saturated carbocycles. The quantitative estimate of drug-likeness (QED) is 0.580. The van der Waals surface area contributed by atoms with Crippen molar-refractivity contribution in [1.82, 2.24) is 19.8 Å². The number of benzene rings is 2. The first-order valence-corrected chi connectivity index (χ1v) is 9.83. The van der Waals surface area contributed by atoms with E-state index in [2.05, 4.69) is 10.3 Å². The summed E-state index contributed by atoms with van der Waals surface area (Å²) in [5.74, 6) is 0.228. The van der Waals surface area contributed by atoms with Crippen molar-refractivity contribution in [3.63, 3.8) is 0 Å². The van der Waals surface area contributed by atoms with Crippen LogP contribution in [0.15, 0.2) is 48.5 Å². The molecule has 1 aromatic heterocycles. The number of alkyl halides is 2. The summed E-state index contributed by atoms with van der Waals surface area (Å²) in [6.45, 7) is -1.53. The lowest BCUT2D eigenvalue weighted by atomic mass is 9.93. The van der Waals surface area contributed by atoms with Crippen molar-refractivity contribution in [1.29, 1.82) is 0 Å². The Morgan fingerprint density at radius 3 is 2.52 bits per heavy atom. The number of halogens is 2. The van der Waals surface area contributed by atoms with E-state index < -0.39 is 24.0 Å². The molecule has 162 valence electrons. The molecule has 1 fully saturated rings. The molecule has 4 rings (SSSR count). The van der Waals surface area contributed by atoms with E-state index in [1.165, 1.54) is 6.07 Å². The summed E-state index contributed by atoms with van der Waals surface area (Å²) in [5, 5.41) is 2.71. The minimum absolute atomic E-state index is 0.0425. The lowest BCUT2D eigenvalue weighted by Crippen LogP contribution is -2.44. The molecule has 3 amide bonds. The van der Waals surface area contributed by atoms with Gasteiger partial charge in [0.15, 0.2) is 0 Å². The van der Waals surface area contributed by atoms with Crippen LogP contribution in [-0.4, -0.2) is 39.0 Å². The summed E-state index contributed by atoms with van der Waals surface area (Å²) >= 11 is 0. The van der Waals surface area contributed by atoms with E-state index in [9.17, 15) is 18.4 Å². The van der Waals surface area contributed by atoms with Crippen LogP contribution in [-0.2, 0) is 17.8 Å². The fourth-order valence-corrected chi connectivity index (χ4v) is 3.81. The highest BCUT2D eigenvalue weighted by molar-refractivity contribution is 6.06. The molecular weight excluding hydrogens is 406 g/mol. The van der Waals surface area contributed by atoms with Gasteiger partial charge in [-0.15, -0.1) is 0 Å². The smallest absolute Gasteiger partial charge is 0.325 e. The number of carbonyl (C=O) groups is 2. The molecule has 2 heterocycles. The van der Waals surface area contributed by atoms with Gasteiger partial charge in [-0.3, -0.25) is 14.3 Å². The molecule has 1 N–H and O–H groups in total. The number of aromatic nitrogens is 2. The van der Waals surface area contributed by atoms with E-state index in [0.717, 1.165) is 20.8 Å². The van der Waals surface area contributed by atoms with Crippen LogP contribution in [0.1, 0.15) is 31.3 Å². The molecule has 1 aliphatic heterocycles. The number of nitrogens with one attached hydrogen (secondary N) is 1. The predicted molar refractivity (Wildman–Crippen MR) is 110 cm³/mol. The highest BCUT2D eigenvalue weighted by atomic mass is 19.3. The molecule has 0 spiro atoms. The summed E-state index contributed by atoms with van der Waals surface area (Å²) in [6, 6.07) is 13.3. The Morgan fingerprint density at radius 1 is 1.13 bits per heavy atom. The van der Waals surface area contributed by atoms with Gasteiger partial charge in [-0.05, 0) is 49.6 Å². The van der Waals surface area contributed by atoms with Crippen molar-refractivity contribution in [2.24, 2.45) is 0 Å². The van der Waals surface area contributed by atoms with Gasteiger partial charge in [-0.1, -0.05) is 24.3 Å². The van der Waals surface area contributed by atoms with Gasteiger partial charge in [-0.2, -0.15) is 8.78 Å². The lowest BCUT2D eigenvalue weighted by molar-refractivity contribution is -0.131. The van der Waals surface area contributed by atoms with Gasteiger partial charge in [0.25, 0.3) is 5.91 Å². The standard InChI is InChI=1S/C22H22F2N4O3/c1-22(12-11-14-7-9-15(31-2)10-8-14)19(29)27(21(30)26-22)13-18-25-16-5-3-4-6-17(16)28(18)20(23)24/h3-10,20H,11-13H2,1-2H3,(H,26,30)/t22-/m1/s1. The number of rotatable bonds is 7. The maximum absolute atomic E-state index is 13.7. The van der Waals surface area contributed by atoms with Crippen LogP contribution in [0.4, 0.5) is 13.6 Å². The zero-order valence-electron chi connectivity index (χ0n) is 17.1. The highest BCUT2D eigenvalue weighted by Gasteiger charge is 2.47. The zero-order chi connectivity index (χ0) is 22.2. The largest absolute Gasteiger partial charge is 0.497 e. The minimum atomic E-state index is -2.84. The molecule has 1 atom stereocenters. The van der Waals surface area contributed by atoms with Gasteiger partial charge in [0, 0.05) is 0 Å². The van der Waals surface area contributed by atoms with Crippen LogP contribution in [0.2, 0.25) is 0 Å². The second-order valence-electron chi connectivity index (χ2n) is 7.67. The number of amides is 3. The number of nitrogens with zero attached hydrogens (tertiary/aromatic N) is 3. The molecule has 0 radical (unpaired) electrons. The highest BCUT2D eigenvalue weighted by Crippen LogP contribution is 2.28. The summed E-state index contributed by atoms with van der Waals surface area (Å²) in [7, 11) is 1.58. The summed E-state index contributed by atoms with van der Waals surface area (Å²) in [6.07, 6.45) is 0.918. The third-order valence-corrected chi connectivity index (χ3v) is 5.58. The van der Waals surface area contributed by atoms with Gasteiger partial charge in [0.1, 0.15) is 17.1 Å². The minimum Gasteiger partial charge on any atom is -0.497 e. The number of hydrogen-bond donors (Lipinski definition) is 1. The molecule has 1 saturated heterocycles. The first kappa shape index (κ1) is 20.8. The fourth-order valence-electron chi connectivity index (χ4n) is 3.81. The molecule has 31 heavy (non-hydrogen) atoms. The van der Waals surface area contributed by atoms with Crippen LogP contribution in [0.25, 0.3) is 11.0 Å². The number of carbonyl (C=O) groups excluding carboxylic acids is 2. The van der Waals surface area contributed by atoms with Crippen LogP contribution in [0.5, 0.6) is 5.75 Å². The fraction of sp³-hybridized carbons (Fsp3) is 0.318. The second-order valence-corrected chi connectivity index (χ2v) is 7.67. The Bertz CT molecular complexity index is 1130. The molecule has 0 unspecified atom stereocenters. The first-order valence-electron chi connectivity index (χ1n) is 9.83. The second kappa shape index (κ2) is 7.98. The average molecular weight is 428 g/mol. The number of methoxy groups -OCH3 is 1. The Morgan fingerprint density at radius 2 is 1.84 bits per heavy atom. The molecule has 9 heteroatoms. The number of ether oxygens (including phenoxy) is 1. The number of imidazole rings is 1. The van der Waals surface area contributed by atoms with Gasteiger partial charge >= 0.3 is 12.6 Å². The van der Waals surface area contributed by atoms with Crippen LogP contribution in [0.3, 0.4) is 0 Å². The average Bonchev–Trinajstić information content (AvgIpc) is 3.23. The van der Waals surface area contributed by atoms with Crippen molar-refractivity contribution in [2.45, 2.75) is 38.4 Å². The van der Waals surface area contributed by atoms with Crippen molar-refractivity contribution in [3.8, 4) is 5.75 Å². The van der Waals surface area contributed by atoms with E-state index in [4.69, 9.17) is 4.74 Å². The van der Waals surface area contributed by atoms with Crippen molar-refractivity contribution in [3.05, 3.63) is 59.9 Å². The Kier molecular flexibility index (Phi) is 5.34. The van der Waals surface area contributed by atoms with E-state index in [1.54, 1.807) is 32.2 Å². The molecule has 1 aliphatic rings. The summed E-state index contributed by atoms with van der Waals surface area (Å²) in [4.78, 5) is 30.8. The third-order valence-electron chi connectivity index (χ3n) is 5.58. The third kappa shape index (κ3) is 3.83. The van der Waals surface area contributed by atoms with Crippen LogP contribution >= 0.6 is 0 Å². The van der Waals surface area contributed by atoms with E-state index in [1.807, 2.05) is 24.3 Å². The number of urea groups is 1. The molecule has 0 aliphatic carbocycles. The van der Waals surface area contributed by atoms with Gasteiger partial charge < -0.3 is 10.1 Å². The number of aryl methyl sites for hydroxylation is 1. The van der Waals surface area contributed by atoms with E-state index in [-0.39, 0.29) is 17.9 Å². The van der Waals surface area contributed by atoms with Crippen LogP contribution < -0.4 is 10.1 Å². The number of hydrogen-bond acceptors (Lipinski definition) is 4. The van der Waals surface area contributed by atoms with Crippen LogP contribution in [0, 0.1) is 0 Å². The molecule has 3 aromatic rings. The first-order chi connectivity index (χ1) is 14.8. The Balaban J connectivity index is 1.53. The molecular formula is C22H22F2N4O3. The number of imide groups is 1. The molecule has 0 bridgehead atoms. The van der Waals surface area contributed by atoms with Crippen molar-refractivity contribution in [2.75, 3.05) is 7.11 Å². The maximum Gasteiger partial charge on any atom is 0.325 e. The maximum atomic E-state index is 13.7. The van der Waals surface area contributed by atoms with Gasteiger partial charge in [0.05, 0.1) is 24.7 Å². The predicted octanol–water partition coefficient (Wildman–Crippen LogP) is 3.88. The topological polar surface area (TPSA) is 76.5 Å². The summed E-state index contributed by atoms with van der Waals surface area (Å²) < 4.78 is 33.3. The Hall–Kier alpha value is -3.49. The monoisotopic (exact) mass is 428 g/mol. The number of para-hydroxylation sites is 2. The van der Waals surface area contributed by atoms with Gasteiger partial charge in [0.2, 0.25) is 0 Å². The van der Waals surface area contributed by atoms with Crippen molar-refractivity contribution < 1.29 is 23.1 Å². The normalized spacial score (nSPS) is 18.8. The lowest BCUT2D eigenvalue weighted by Gasteiger charge is -2.21. The van der Waals surface area contributed by atoms with Gasteiger partial charge in [-0.25, -0.2) is 9.78 Å². The number of fused-ring (bicyclic) bond motifs is 1. The van der Waals surface area contributed by atoms with E-state index >= 15 is 0 Å². The molecule has 2 aromatic carbocycles. The molecule has 7 nitrogen and oxygen atoms in total.